The molecule has 114 valence electrons. The zero-order valence-electron chi connectivity index (χ0n) is 12.2. The van der Waals surface area contributed by atoms with Crippen molar-refractivity contribution in [3.05, 3.63) is 52.3 Å². The van der Waals surface area contributed by atoms with Crippen LogP contribution in [-0.2, 0) is 16.8 Å². The van der Waals surface area contributed by atoms with Gasteiger partial charge in [-0.2, -0.15) is 16.4 Å². The molecule has 0 saturated carbocycles. The van der Waals surface area contributed by atoms with Crippen molar-refractivity contribution in [1.29, 1.82) is 0 Å². The number of rotatable bonds is 5. The summed E-state index contributed by atoms with van der Waals surface area (Å²) in [5.74, 6) is -0.148. The van der Waals surface area contributed by atoms with Crippen LogP contribution in [0.4, 0.5) is 0 Å². The molecule has 3 N–H and O–H groups in total. The minimum absolute atomic E-state index is 0.148. The van der Waals surface area contributed by atoms with E-state index in [4.69, 9.17) is 0 Å². The molecule has 0 saturated heterocycles. The van der Waals surface area contributed by atoms with E-state index in [0.717, 1.165) is 22.2 Å². The molecule has 0 aliphatic heterocycles. The molecule has 0 aliphatic carbocycles. The fourth-order valence-electron chi connectivity index (χ4n) is 2.32. The predicted octanol–water partition coefficient (Wildman–Crippen LogP) is 2.19. The summed E-state index contributed by atoms with van der Waals surface area (Å²) >= 11 is 1.52. The Hall–Kier alpha value is -2.18. The SMILES string of the molecule is C[C@@](O)(CNC(=O)Cc1[nH]nc2ccccc12)c1ccsc1. The number of carbonyl (C=O) groups is 1. The average Bonchev–Trinajstić information content (AvgIpc) is 3.16. The maximum atomic E-state index is 12.1. The molecule has 6 heteroatoms. The summed E-state index contributed by atoms with van der Waals surface area (Å²) in [6, 6.07) is 9.52. The number of benzene rings is 1. The minimum Gasteiger partial charge on any atom is -0.384 e. The Morgan fingerprint density at radius 3 is 3.00 bits per heavy atom. The van der Waals surface area contributed by atoms with Crippen molar-refractivity contribution in [2.24, 2.45) is 0 Å². The lowest BCUT2D eigenvalue weighted by Crippen LogP contribution is -2.39. The van der Waals surface area contributed by atoms with E-state index < -0.39 is 5.60 Å². The van der Waals surface area contributed by atoms with Crippen molar-refractivity contribution >= 4 is 28.1 Å². The normalized spacial score (nSPS) is 13.9. The molecule has 1 amide bonds. The Kier molecular flexibility index (Phi) is 3.96. The van der Waals surface area contributed by atoms with Crippen molar-refractivity contribution in [3.8, 4) is 0 Å². The van der Waals surface area contributed by atoms with E-state index in [0.29, 0.717) is 0 Å². The number of fused-ring (bicyclic) bond motifs is 1. The summed E-state index contributed by atoms with van der Waals surface area (Å²) in [6.07, 6.45) is 0.209. The zero-order chi connectivity index (χ0) is 15.6. The molecule has 2 heterocycles. The van der Waals surface area contributed by atoms with E-state index in [9.17, 15) is 9.90 Å². The number of thiophene rings is 1. The van der Waals surface area contributed by atoms with Gasteiger partial charge in [0, 0.05) is 5.39 Å². The number of nitrogens with one attached hydrogen (secondary N) is 2. The van der Waals surface area contributed by atoms with Gasteiger partial charge in [0.25, 0.3) is 0 Å². The third-order valence-electron chi connectivity index (χ3n) is 3.65. The number of aromatic nitrogens is 2. The zero-order valence-corrected chi connectivity index (χ0v) is 13.0. The average molecular weight is 315 g/mol. The Balaban J connectivity index is 1.63. The highest BCUT2D eigenvalue weighted by atomic mass is 32.1. The molecule has 0 spiro atoms. The minimum atomic E-state index is -1.06. The summed E-state index contributed by atoms with van der Waals surface area (Å²) in [4.78, 5) is 12.1. The van der Waals surface area contributed by atoms with E-state index in [1.54, 1.807) is 6.92 Å². The first kappa shape index (κ1) is 14.7. The summed E-state index contributed by atoms with van der Waals surface area (Å²) in [5, 5.41) is 25.0. The van der Waals surface area contributed by atoms with Crippen LogP contribution in [0.5, 0.6) is 0 Å². The van der Waals surface area contributed by atoms with Crippen LogP contribution in [-0.4, -0.2) is 27.8 Å². The van der Waals surface area contributed by atoms with Crippen LogP contribution in [0.3, 0.4) is 0 Å². The molecule has 5 nitrogen and oxygen atoms in total. The fraction of sp³-hybridized carbons (Fsp3) is 0.250. The largest absolute Gasteiger partial charge is 0.384 e. The molecule has 22 heavy (non-hydrogen) atoms. The highest BCUT2D eigenvalue weighted by Crippen LogP contribution is 2.22. The third kappa shape index (κ3) is 3.03. The Labute approximate surface area is 132 Å². The lowest BCUT2D eigenvalue weighted by atomic mass is 9.99. The summed E-state index contributed by atoms with van der Waals surface area (Å²) in [5.41, 5.74) is 1.37. The molecule has 0 radical (unpaired) electrons. The highest BCUT2D eigenvalue weighted by molar-refractivity contribution is 7.08. The molecule has 1 atom stereocenters. The number of carbonyl (C=O) groups excluding carboxylic acids is 1. The van der Waals surface area contributed by atoms with Crippen molar-refractivity contribution in [2.75, 3.05) is 6.54 Å². The highest BCUT2D eigenvalue weighted by Gasteiger charge is 2.24. The number of H-pyrrole nitrogens is 1. The predicted molar refractivity (Wildman–Crippen MR) is 86.7 cm³/mol. The monoisotopic (exact) mass is 315 g/mol. The van der Waals surface area contributed by atoms with Crippen LogP contribution in [0.2, 0.25) is 0 Å². The molecule has 0 bridgehead atoms. The Morgan fingerprint density at radius 2 is 2.23 bits per heavy atom. The molecule has 0 aliphatic rings. The fourth-order valence-corrected chi connectivity index (χ4v) is 3.10. The summed E-state index contributed by atoms with van der Waals surface area (Å²) in [6.45, 7) is 1.87. The van der Waals surface area contributed by atoms with Crippen LogP contribution in [0, 0.1) is 0 Å². The van der Waals surface area contributed by atoms with Gasteiger partial charge < -0.3 is 10.4 Å². The summed E-state index contributed by atoms with van der Waals surface area (Å²) < 4.78 is 0. The number of aliphatic hydroxyl groups is 1. The van der Waals surface area contributed by atoms with Gasteiger partial charge in [-0.05, 0) is 35.4 Å². The topological polar surface area (TPSA) is 78.0 Å². The van der Waals surface area contributed by atoms with Crippen molar-refractivity contribution in [1.82, 2.24) is 15.5 Å². The Morgan fingerprint density at radius 1 is 1.41 bits per heavy atom. The quantitative estimate of drug-likeness (QED) is 0.675. The first-order valence-electron chi connectivity index (χ1n) is 7.00. The lowest BCUT2D eigenvalue weighted by molar-refractivity contribution is -0.121. The second kappa shape index (κ2) is 5.90. The number of aromatic amines is 1. The summed E-state index contributed by atoms with van der Waals surface area (Å²) in [7, 11) is 0. The van der Waals surface area contributed by atoms with Crippen LogP contribution in [0.25, 0.3) is 10.9 Å². The van der Waals surface area contributed by atoms with Gasteiger partial charge in [0.2, 0.25) is 5.91 Å². The molecule has 2 aromatic heterocycles. The van der Waals surface area contributed by atoms with Gasteiger partial charge in [0.05, 0.1) is 24.2 Å². The lowest BCUT2D eigenvalue weighted by Gasteiger charge is -2.22. The second-order valence-corrected chi connectivity index (χ2v) is 6.24. The van der Waals surface area contributed by atoms with E-state index in [-0.39, 0.29) is 18.9 Å². The van der Waals surface area contributed by atoms with E-state index in [1.807, 2.05) is 41.1 Å². The van der Waals surface area contributed by atoms with E-state index in [1.165, 1.54) is 11.3 Å². The Bertz CT molecular complexity index is 778. The smallest absolute Gasteiger partial charge is 0.226 e. The number of hydrogen-bond acceptors (Lipinski definition) is 4. The standard InChI is InChI=1S/C16H17N3O2S/c1-16(21,11-6-7-22-9-11)10-17-15(20)8-14-12-4-2-3-5-13(12)18-19-14/h2-7,9,21H,8,10H2,1H3,(H,17,20)(H,18,19)/t16-/m1/s1. The second-order valence-electron chi connectivity index (χ2n) is 5.46. The molecule has 3 aromatic rings. The van der Waals surface area contributed by atoms with E-state index in [2.05, 4.69) is 15.5 Å². The van der Waals surface area contributed by atoms with Gasteiger partial charge >= 0.3 is 0 Å². The van der Waals surface area contributed by atoms with Crippen LogP contribution in [0.1, 0.15) is 18.2 Å². The van der Waals surface area contributed by atoms with Gasteiger partial charge in [0.1, 0.15) is 5.60 Å². The van der Waals surface area contributed by atoms with Crippen LogP contribution in [0.15, 0.2) is 41.1 Å². The van der Waals surface area contributed by atoms with Gasteiger partial charge in [-0.3, -0.25) is 9.89 Å². The van der Waals surface area contributed by atoms with Crippen molar-refractivity contribution in [2.45, 2.75) is 18.9 Å². The number of para-hydroxylation sites is 1. The first-order valence-corrected chi connectivity index (χ1v) is 7.94. The number of amides is 1. The molecular formula is C16H17N3O2S. The van der Waals surface area contributed by atoms with Crippen LogP contribution >= 0.6 is 11.3 Å². The van der Waals surface area contributed by atoms with Gasteiger partial charge in [-0.1, -0.05) is 18.2 Å². The molecule has 0 unspecified atom stereocenters. The van der Waals surface area contributed by atoms with Crippen molar-refractivity contribution in [3.63, 3.8) is 0 Å². The van der Waals surface area contributed by atoms with Gasteiger partial charge in [-0.25, -0.2) is 0 Å². The first-order chi connectivity index (χ1) is 10.6. The molecule has 0 fully saturated rings. The van der Waals surface area contributed by atoms with Gasteiger partial charge in [0.15, 0.2) is 0 Å². The number of nitrogens with zero attached hydrogens (tertiary/aromatic N) is 1. The third-order valence-corrected chi connectivity index (χ3v) is 4.33. The molecule has 3 rings (SSSR count). The van der Waals surface area contributed by atoms with Crippen molar-refractivity contribution < 1.29 is 9.90 Å². The number of hydrogen-bond donors (Lipinski definition) is 3. The maximum Gasteiger partial charge on any atom is 0.226 e. The van der Waals surface area contributed by atoms with Crippen LogP contribution < -0.4 is 5.32 Å². The maximum absolute atomic E-state index is 12.1. The molecular weight excluding hydrogens is 298 g/mol. The molecule has 1 aromatic carbocycles. The van der Waals surface area contributed by atoms with Gasteiger partial charge in [-0.15, -0.1) is 0 Å². The van der Waals surface area contributed by atoms with E-state index >= 15 is 0 Å².